The third-order valence-corrected chi connectivity index (χ3v) is 3.54. The van der Waals surface area contributed by atoms with E-state index >= 15 is 0 Å². The fourth-order valence-electron chi connectivity index (χ4n) is 2.65. The molecular weight excluding hydrogens is 176 g/mol. The molecule has 82 valence electrons. The minimum Gasteiger partial charge on any atom is -0.376 e. The molecule has 1 aliphatic heterocycles. The molecule has 3 heteroatoms. The van der Waals surface area contributed by atoms with E-state index in [0.717, 1.165) is 32.0 Å². The first-order chi connectivity index (χ1) is 6.86. The Morgan fingerprint density at radius 2 is 2.14 bits per heavy atom. The van der Waals surface area contributed by atoms with Gasteiger partial charge in [0, 0.05) is 19.1 Å². The molecule has 2 aliphatic rings. The summed E-state index contributed by atoms with van der Waals surface area (Å²) in [5.74, 6) is 0.764. The van der Waals surface area contributed by atoms with Crippen LogP contribution >= 0.6 is 0 Å². The number of hydrogen-bond acceptors (Lipinski definition) is 3. The molecule has 0 aromatic rings. The molecule has 0 spiro atoms. The number of nitrogens with one attached hydrogen (secondary N) is 1. The summed E-state index contributed by atoms with van der Waals surface area (Å²) < 4.78 is 5.67. The normalized spacial score (nSPS) is 31.9. The third-order valence-electron chi connectivity index (χ3n) is 3.54. The fraction of sp³-hybridized carbons (Fsp3) is 1.00. The van der Waals surface area contributed by atoms with Gasteiger partial charge in [0.1, 0.15) is 0 Å². The minimum absolute atomic E-state index is 0.361. The van der Waals surface area contributed by atoms with Crippen molar-refractivity contribution >= 4 is 0 Å². The third kappa shape index (κ3) is 2.69. The maximum absolute atomic E-state index is 6.20. The van der Waals surface area contributed by atoms with Gasteiger partial charge in [-0.3, -0.25) is 0 Å². The molecule has 0 aromatic carbocycles. The summed E-state index contributed by atoms with van der Waals surface area (Å²) >= 11 is 0. The maximum Gasteiger partial charge on any atom is 0.0714 e. The Morgan fingerprint density at radius 1 is 1.36 bits per heavy atom. The summed E-state index contributed by atoms with van der Waals surface area (Å²) in [5, 5.41) is 3.35. The van der Waals surface area contributed by atoms with Crippen molar-refractivity contribution in [2.45, 2.75) is 44.2 Å². The quantitative estimate of drug-likeness (QED) is 0.708. The molecule has 0 radical (unpaired) electrons. The number of rotatable bonds is 3. The van der Waals surface area contributed by atoms with Crippen LogP contribution in [0.15, 0.2) is 0 Å². The summed E-state index contributed by atoms with van der Waals surface area (Å²) in [6.07, 6.45) is 6.82. The van der Waals surface area contributed by atoms with Crippen molar-refractivity contribution in [2.24, 2.45) is 11.7 Å². The topological polar surface area (TPSA) is 47.3 Å². The van der Waals surface area contributed by atoms with Crippen LogP contribution < -0.4 is 11.1 Å². The van der Waals surface area contributed by atoms with E-state index in [9.17, 15) is 0 Å². The molecule has 0 amide bonds. The monoisotopic (exact) mass is 198 g/mol. The zero-order valence-corrected chi connectivity index (χ0v) is 8.87. The predicted molar refractivity (Wildman–Crippen MR) is 57.2 cm³/mol. The lowest BCUT2D eigenvalue weighted by Crippen LogP contribution is -2.43. The van der Waals surface area contributed by atoms with Crippen LogP contribution in [0.5, 0.6) is 0 Å². The minimum atomic E-state index is 0.361. The first-order valence-corrected chi connectivity index (χ1v) is 5.94. The molecule has 2 unspecified atom stereocenters. The number of hydrogen-bond donors (Lipinski definition) is 2. The van der Waals surface area contributed by atoms with Gasteiger partial charge in [-0.15, -0.1) is 0 Å². The average molecular weight is 198 g/mol. The van der Waals surface area contributed by atoms with Crippen molar-refractivity contribution in [2.75, 3.05) is 19.7 Å². The highest BCUT2D eigenvalue weighted by atomic mass is 16.5. The van der Waals surface area contributed by atoms with Gasteiger partial charge in [-0.2, -0.15) is 0 Å². The maximum atomic E-state index is 6.20. The molecule has 1 heterocycles. The number of ether oxygens (including phenoxy) is 1. The van der Waals surface area contributed by atoms with Crippen molar-refractivity contribution < 1.29 is 4.74 Å². The van der Waals surface area contributed by atoms with Gasteiger partial charge in [-0.25, -0.2) is 0 Å². The molecule has 0 bridgehead atoms. The van der Waals surface area contributed by atoms with Gasteiger partial charge < -0.3 is 15.8 Å². The van der Waals surface area contributed by atoms with Crippen LogP contribution in [0.3, 0.4) is 0 Å². The van der Waals surface area contributed by atoms with Crippen LogP contribution in [0, 0.1) is 5.92 Å². The fourth-order valence-corrected chi connectivity index (χ4v) is 2.65. The van der Waals surface area contributed by atoms with Gasteiger partial charge in [-0.05, 0) is 25.2 Å². The van der Waals surface area contributed by atoms with Crippen molar-refractivity contribution in [3.8, 4) is 0 Å². The lowest BCUT2D eigenvalue weighted by Gasteiger charge is -2.28. The largest absolute Gasteiger partial charge is 0.376 e. The smallest absolute Gasteiger partial charge is 0.0714 e. The van der Waals surface area contributed by atoms with E-state index in [1.807, 2.05) is 0 Å². The molecule has 0 aromatic heterocycles. The summed E-state index contributed by atoms with van der Waals surface area (Å²) in [6.45, 7) is 2.83. The van der Waals surface area contributed by atoms with E-state index in [2.05, 4.69) is 5.32 Å². The van der Waals surface area contributed by atoms with Gasteiger partial charge in [0.15, 0.2) is 0 Å². The van der Waals surface area contributed by atoms with Gasteiger partial charge in [0.05, 0.1) is 12.7 Å². The Kier molecular flexibility index (Phi) is 3.79. The molecule has 14 heavy (non-hydrogen) atoms. The van der Waals surface area contributed by atoms with Gasteiger partial charge in [0.25, 0.3) is 0 Å². The molecule has 2 atom stereocenters. The number of nitrogens with two attached hydrogens (primary N) is 1. The molecule has 1 saturated heterocycles. The summed E-state index contributed by atoms with van der Waals surface area (Å²) in [6, 6.07) is 0.363. The predicted octanol–water partition coefficient (Wildman–Crippen LogP) is 0.882. The molecule has 2 fully saturated rings. The molecular formula is C11H22N2O. The van der Waals surface area contributed by atoms with Gasteiger partial charge in [-0.1, -0.05) is 12.8 Å². The van der Waals surface area contributed by atoms with Gasteiger partial charge >= 0.3 is 0 Å². The lowest BCUT2D eigenvalue weighted by atomic mass is 9.94. The van der Waals surface area contributed by atoms with Crippen LogP contribution in [-0.4, -0.2) is 31.8 Å². The van der Waals surface area contributed by atoms with E-state index in [0.29, 0.717) is 12.1 Å². The zero-order valence-electron chi connectivity index (χ0n) is 8.87. The molecule has 2 rings (SSSR count). The highest BCUT2D eigenvalue weighted by Gasteiger charge is 2.25. The Hall–Kier alpha value is -0.120. The zero-order chi connectivity index (χ0) is 9.80. The highest BCUT2D eigenvalue weighted by Crippen LogP contribution is 2.28. The first-order valence-electron chi connectivity index (χ1n) is 5.94. The van der Waals surface area contributed by atoms with Crippen LogP contribution in [0.4, 0.5) is 0 Å². The van der Waals surface area contributed by atoms with Crippen molar-refractivity contribution in [1.29, 1.82) is 0 Å². The van der Waals surface area contributed by atoms with Crippen molar-refractivity contribution in [1.82, 2.24) is 5.32 Å². The highest BCUT2D eigenvalue weighted by molar-refractivity contribution is 4.82. The number of morpholine rings is 1. The van der Waals surface area contributed by atoms with E-state index in [4.69, 9.17) is 10.5 Å². The Balaban J connectivity index is 1.72. The Morgan fingerprint density at radius 3 is 2.79 bits per heavy atom. The van der Waals surface area contributed by atoms with Crippen molar-refractivity contribution in [3.05, 3.63) is 0 Å². The Bertz CT molecular complexity index is 163. The van der Waals surface area contributed by atoms with E-state index in [-0.39, 0.29) is 0 Å². The second-order valence-electron chi connectivity index (χ2n) is 4.64. The summed E-state index contributed by atoms with van der Waals surface area (Å²) in [4.78, 5) is 0. The van der Waals surface area contributed by atoms with E-state index in [1.165, 1.54) is 25.7 Å². The molecule has 1 saturated carbocycles. The second-order valence-corrected chi connectivity index (χ2v) is 4.64. The van der Waals surface area contributed by atoms with E-state index < -0.39 is 0 Å². The molecule has 3 nitrogen and oxygen atoms in total. The van der Waals surface area contributed by atoms with Crippen LogP contribution in [0.25, 0.3) is 0 Å². The standard InChI is InChI=1S/C11H22N2O/c12-11(9-3-1-2-4-9)7-10-8-13-5-6-14-10/h9-11,13H,1-8,12H2. The molecule has 1 aliphatic carbocycles. The summed E-state index contributed by atoms with van der Waals surface area (Å²) in [7, 11) is 0. The second kappa shape index (κ2) is 5.10. The van der Waals surface area contributed by atoms with Crippen LogP contribution in [0.2, 0.25) is 0 Å². The van der Waals surface area contributed by atoms with Gasteiger partial charge in [0.2, 0.25) is 0 Å². The van der Waals surface area contributed by atoms with Crippen LogP contribution in [0.1, 0.15) is 32.1 Å². The molecule has 3 N–H and O–H groups in total. The lowest BCUT2D eigenvalue weighted by molar-refractivity contribution is 0.0162. The Labute approximate surface area is 86.4 Å². The van der Waals surface area contributed by atoms with Crippen molar-refractivity contribution in [3.63, 3.8) is 0 Å². The first kappa shape index (κ1) is 10.4. The SMILES string of the molecule is NC(CC1CNCCO1)C1CCCC1. The average Bonchev–Trinajstić information content (AvgIpc) is 2.72. The summed E-state index contributed by atoms with van der Waals surface area (Å²) in [5.41, 5.74) is 6.20. The van der Waals surface area contributed by atoms with E-state index in [1.54, 1.807) is 0 Å². The van der Waals surface area contributed by atoms with Crippen LogP contribution in [-0.2, 0) is 4.74 Å².